The van der Waals surface area contributed by atoms with E-state index >= 15 is 0 Å². The van der Waals surface area contributed by atoms with Crippen LogP contribution in [0.3, 0.4) is 0 Å². The van der Waals surface area contributed by atoms with Crippen LogP contribution in [0.25, 0.3) is 0 Å². The minimum absolute atomic E-state index is 0.0538. The molecular formula is C11H24N2O3. The Morgan fingerprint density at radius 1 is 1.50 bits per heavy atom. The van der Waals surface area contributed by atoms with Gasteiger partial charge in [0.25, 0.3) is 0 Å². The molecule has 3 N–H and O–H groups in total. The molecular weight excluding hydrogens is 208 g/mol. The molecule has 0 saturated heterocycles. The van der Waals surface area contributed by atoms with Crippen molar-refractivity contribution in [3.8, 4) is 0 Å². The van der Waals surface area contributed by atoms with E-state index in [0.29, 0.717) is 32.7 Å². The van der Waals surface area contributed by atoms with Gasteiger partial charge in [-0.1, -0.05) is 0 Å². The molecule has 1 unspecified atom stereocenters. The Labute approximate surface area is 97.7 Å². The van der Waals surface area contributed by atoms with Gasteiger partial charge in [0.2, 0.25) is 5.91 Å². The molecule has 5 nitrogen and oxygen atoms in total. The van der Waals surface area contributed by atoms with Gasteiger partial charge in [-0.3, -0.25) is 4.79 Å². The van der Waals surface area contributed by atoms with Crippen LogP contribution >= 0.6 is 0 Å². The summed E-state index contributed by atoms with van der Waals surface area (Å²) >= 11 is 0. The molecule has 0 aromatic heterocycles. The van der Waals surface area contributed by atoms with Crippen LogP contribution in [-0.2, 0) is 14.3 Å². The summed E-state index contributed by atoms with van der Waals surface area (Å²) in [6.07, 6.45) is 2.07. The first-order valence-electron chi connectivity index (χ1n) is 5.81. The predicted octanol–water partition coefficient (Wildman–Crippen LogP) is 0.283. The number of carbonyl (C=O) groups excluding carboxylic acids is 1. The molecule has 0 heterocycles. The third-order valence-corrected chi connectivity index (χ3v) is 2.15. The molecule has 1 amide bonds. The van der Waals surface area contributed by atoms with Gasteiger partial charge < -0.3 is 20.5 Å². The summed E-state index contributed by atoms with van der Waals surface area (Å²) in [6, 6.07) is 0. The summed E-state index contributed by atoms with van der Waals surface area (Å²) in [6.45, 7) is 4.35. The highest BCUT2D eigenvalue weighted by atomic mass is 16.5. The lowest BCUT2D eigenvalue weighted by atomic mass is 10.2. The average molecular weight is 232 g/mol. The van der Waals surface area contributed by atoms with Crippen molar-refractivity contribution >= 4 is 5.91 Å². The number of nitrogens with two attached hydrogens (primary N) is 1. The molecule has 0 aromatic carbocycles. The second-order valence-corrected chi connectivity index (χ2v) is 3.56. The molecule has 16 heavy (non-hydrogen) atoms. The van der Waals surface area contributed by atoms with Crippen LogP contribution in [0.15, 0.2) is 0 Å². The lowest BCUT2D eigenvalue weighted by Crippen LogP contribution is -2.30. The zero-order valence-electron chi connectivity index (χ0n) is 10.3. The molecule has 0 aliphatic carbocycles. The second kappa shape index (κ2) is 10.9. The van der Waals surface area contributed by atoms with Crippen molar-refractivity contribution < 1.29 is 14.3 Å². The predicted molar refractivity (Wildman–Crippen MR) is 63.2 cm³/mol. The van der Waals surface area contributed by atoms with E-state index in [4.69, 9.17) is 15.2 Å². The first-order valence-corrected chi connectivity index (χ1v) is 5.81. The Morgan fingerprint density at radius 2 is 2.25 bits per heavy atom. The van der Waals surface area contributed by atoms with Gasteiger partial charge in [-0.2, -0.15) is 0 Å². The van der Waals surface area contributed by atoms with Crippen LogP contribution < -0.4 is 11.1 Å². The summed E-state index contributed by atoms with van der Waals surface area (Å²) in [5, 5.41) is 2.83. The van der Waals surface area contributed by atoms with Crippen LogP contribution in [-0.4, -0.2) is 45.4 Å². The number of hydrogen-bond acceptors (Lipinski definition) is 4. The topological polar surface area (TPSA) is 73.6 Å². The molecule has 0 aliphatic rings. The van der Waals surface area contributed by atoms with Gasteiger partial charge in [-0.05, 0) is 26.3 Å². The van der Waals surface area contributed by atoms with Crippen LogP contribution in [0.4, 0.5) is 0 Å². The Hall–Kier alpha value is -0.650. The number of amides is 1. The standard InChI is InChI=1S/C11H24N2O3/c1-3-16-10(9-15-2)6-8-13-11(14)5-4-7-12/h10H,3-9,12H2,1-2H3,(H,13,14). The Bertz CT molecular complexity index is 171. The van der Waals surface area contributed by atoms with Crippen LogP contribution in [0, 0.1) is 0 Å². The third-order valence-electron chi connectivity index (χ3n) is 2.15. The van der Waals surface area contributed by atoms with E-state index in [2.05, 4.69) is 5.32 Å². The maximum Gasteiger partial charge on any atom is 0.220 e. The van der Waals surface area contributed by atoms with E-state index in [-0.39, 0.29) is 12.0 Å². The largest absolute Gasteiger partial charge is 0.382 e. The molecule has 0 aromatic rings. The first kappa shape index (κ1) is 15.3. The summed E-state index contributed by atoms with van der Waals surface area (Å²) < 4.78 is 10.5. The fourth-order valence-electron chi connectivity index (χ4n) is 1.36. The molecule has 5 heteroatoms. The van der Waals surface area contributed by atoms with Gasteiger partial charge in [0.05, 0.1) is 12.7 Å². The Balaban J connectivity index is 3.55. The van der Waals surface area contributed by atoms with E-state index < -0.39 is 0 Å². The molecule has 0 spiro atoms. The van der Waals surface area contributed by atoms with Crippen molar-refractivity contribution in [2.24, 2.45) is 5.73 Å². The van der Waals surface area contributed by atoms with Crippen molar-refractivity contribution in [3.63, 3.8) is 0 Å². The summed E-state index contributed by atoms with van der Waals surface area (Å²) in [7, 11) is 1.64. The lowest BCUT2D eigenvalue weighted by Gasteiger charge is -2.16. The Morgan fingerprint density at radius 3 is 2.81 bits per heavy atom. The fourth-order valence-corrected chi connectivity index (χ4v) is 1.36. The minimum Gasteiger partial charge on any atom is -0.382 e. The first-order chi connectivity index (χ1) is 7.74. The van der Waals surface area contributed by atoms with Crippen molar-refractivity contribution in [1.29, 1.82) is 0 Å². The zero-order chi connectivity index (χ0) is 12.2. The molecule has 0 rings (SSSR count). The van der Waals surface area contributed by atoms with E-state index in [1.54, 1.807) is 7.11 Å². The highest BCUT2D eigenvalue weighted by molar-refractivity contribution is 5.75. The highest BCUT2D eigenvalue weighted by Crippen LogP contribution is 1.98. The van der Waals surface area contributed by atoms with E-state index in [9.17, 15) is 4.79 Å². The molecule has 0 bridgehead atoms. The molecule has 0 aliphatic heterocycles. The zero-order valence-corrected chi connectivity index (χ0v) is 10.3. The summed E-state index contributed by atoms with van der Waals surface area (Å²) in [5.41, 5.74) is 5.32. The number of ether oxygens (including phenoxy) is 2. The van der Waals surface area contributed by atoms with Gasteiger partial charge in [0.15, 0.2) is 0 Å². The van der Waals surface area contributed by atoms with Gasteiger partial charge >= 0.3 is 0 Å². The van der Waals surface area contributed by atoms with Gasteiger partial charge in [-0.25, -0.2) is 0 Å². The number of rotatable bonds is 10. The van der Waals surface area contributed by atoms with Gasteiger partial charge in [-0.15, -0.1) is 0 Å². The van der Waals surface area contributed by atoms with E-state index in [1.165, 1.54) is 0 Å². The number of carbonyl (C=O) groups is 1. The van der Waals surface area contributed by atoms with Crippen molar-refractivity contribution in [2.45, 2.75) is 32.3 Å². The lowest BCUT2D eigenvalue weighted by molar-refractivity contribution is -0.121. The fraction of sp³-hybridized carbons (Fsp3) is 0.909. The minimum atomic E-state index is 0.0538. The normalized spacial score (nSPS) is 12.4. The number of nitrogens with one attached hydrogen (secondary N) is 1. The molecule has 1 atom stereocenters. The van der Waals surface area contributed by atoms with Crippen LogP contribution in [0.2, 0.25) is 0 Å². The summed E-state index contributed by atoms with van der Waals surface area (Å²) in [4.78, 5) is 11.3. The SMILES string of the molecule is CCOC(CCNC(=O)CCCN)COC. The highest BCUT2D eigenvalue weighted by Gasteiger charge is 2.08. The quantitative estimate of drug-likeness (QED) is 0.567. The molecule has 96 valence electrons. The third kappa shape index (κ3) is 8.64. The van der Waals surface area contributed by atoms with Crippen LogP contribution in [0.5, 0.6) is 0 Å². The Kier molecular flexibility index (Phi) is 10.4. The smallest absolute Gasteiger partial charge is 0.220 e. The molecule has 0 saturated carbocycles. The van der Waals surface area contributed by atoms with Crippen molar-refractivity contribution in [2.75, 3.05) is 33.4 Å². The number of hydrogen-bond donors (Lipinski definition) is 2. The number of methoxy groups -OCH3 is 1. The van der Waals surface area contributed by atoms with E-state index in [0.717, 1.165) is 12.8 Å². The maximum absolute atomic E-state index is 11.3. The van der Waals surface area contributed by atoms with Gasteiger partial charge in [0.1, 0.15) is 0 Å². The van der Waals surface area contributed by atoms with Crippen LogP contribution in [0.1, 0.15) is 26.2 Å². The van der Waals surface area contributed by atoms with Crippen molar-refractivity contribution in [1.82, 2.24) is 5.32 Å². The maximum atomic E-state index is 11.3. The van der Waals surface area contributed by atoms with Crippen molar-refractivity contribution in [3.05, 3.63) is 0 Å². The van der Waals surface area contributed by atoms with Gasteiger partial charge in [0, 0.05) is 26.7 Å². The van der Waals surface area contributed by atoms with E-state index in [1.807, 2.05) is 6.92 Å². The monoisotopic (exact) mass is 232 g/mol. The molecule has 0 fully saturated rings. The molecule has 0 radical (unpaired) electrons. The second-order valence-electron chi connectivity index (χ2n) is 3.56. The average Bonchev–Trinajstić information content (AvgIpc) is 2.27. The summed E-state index contributed by atoms with van der Waals surface area (Å²) in [5.74, 6) is 0.0538.